The normalized spacial score (nSPS) is 0. The zero-order valence-electron chi connectivity index (χ0n) is 1.37. The maximum atomic E-state index is 0. The Morgan fingerprint density at radius 1 is 1.00 bits per heavy atom. The first-order valence-electron chi connectivity index (χ1n) is 0. The van der Waals surface area contributed by atoms with Gasteiger partial charge in [0.25, 0.3) is 0 Å². The van der Waals surface area contributed by atoms with Crippen molar-refractivity contribution in [1.82, 2.24) is 0 Å². The molecule has 0 bridgehead atoms. The van der Waals surface area contributed by atoms with Gasteiger partial charge in [-0.15, -0.1) is 0 Å². The minimum Gasteiger partial charge on any atom is -0.0149 e. The van der Waals surface area contributed by atoms with E-state index in [1.54, 1.807) is 0 Å². The first-order chi connectivity index (χ1) is 0. The molecule has 0 aromatic heterocycles. The molecule has 0 aromatic carbocycles. The van der Waals surface area contributed by atoms with Crippen molar-refractivity contribution in [2.45, 2.75) is 0 Å². The minimum atomic E-state index is 0. The van der Waals surface area contributed by atoms with Crippen molar-refractivity contribution in [2.75, 3.05) is 0 Å². The summed E-state index contributed by atoms with van der Waals surface area (Å²) in [4.78, 5) is 0. The maximum absolute atomic E-state index is 0. The summed E-state index contributed by atoms with van der Waals surface area (Å²) in [5.74, 6) is 0. The van der Waals surface area contributed by atoms with Crippen LogP contribution in [0.25, 0.3) is 0 Å². The van der Waals surface area contributed by atoms with E-state index in [1.807, 2.05) is 0 Å². The zero-order valence-corrected chi connectivity index (χ0v) is 7.48. The molecule has 0 saturated carbocycles. The van der Waals surface area contributed by atoms with Gasteiger partial charge in [0.2, 0.25) is 0 Å². The number of rotatable bonds is 0. The Hall–Kier alpha value is 3.75. The van der Waals surface area contributed by atoms with E-state index < -0.39 is 0 Å². The van der Waals surface area contributed by atoms with Crippen molar-refractivity contribution >= 4 is 28.3 Å². The van der Waals surface area contributed by atoms with E-state index in [4.69, 9.17) is 0 Å². The van der Waals surface area contributed by atoms with Crippen LogP contribution < -0.4 is 0 Å². The third kappa shape index (κ3) is 18.2. The second-order valence-electron chi connectivity index (χ2n) is 0. The molecule has 0 atom stereocenters. The third-order valence-electron chi connectivity index (χ3n) is 0. The maximum Gasteiger partial charge on any atom is 0.187 e. The molecule has 0 spiro atoms. The molecule has 0 aliphatic heterocycles. The zero-order chi connectivity index (χ0) is 0. The molecular formula is H7AlErScSiZr. The molecule has 0 aliphatic rings. The van der Waals surface area contributed by atoms with E-state index in [2.05, 4.69) is 0 Å². The SMILES string of the molecule is [AlH3].[Er].[Sc].[SiH4].[Zr]. The minimum absolute atomic E-state index is 0. The Balaban J connectivity index is 0. The van der Waals surface area contributed by atoms with Crippen LogP contribution in [0.15, 0.2) is 0 Å². The van der Waals surface area contributed by atoms with Gasteiger partial charge >= 0.3 is 0 Å². The molecule has 0 amide bonds. The molecule has 0 unspecified atom stereocenters. The van der Waals surface area contributed by atoms with Crippen molar-refractivity contribution in [2.24, 2.45) is 0 Å². The van der Waals surface area contributed by atoms with Gasteiger partial charge in [-0.25, -0.2) is 0 Å². The van der Waals surface area contributed by atoms with Gasteiger partial charge in [-0.3, -0.25) is 0 Å². The second-order valence-corrected chi connectivity index (χ2v) is 0. The average molecular weight is 366 g/mol. The molecule has 5 heteroatoms. The Kier molecular flexibility index (Phi) is 188. The average Bonchev–Trinajstić information content (AvgIpc) is 0. The fraction of sp³-hybridized carbons (Fsp3) is 0. The molecule has 33 valence electrons. The fourth-order valence-corrected chi connectivity index (χ4v) is 0. The van der Waals surface area contributed by atoms with Gasteiger partial charge in [-0.2, -0.15) is 0 Å². The largest absolute Gasteiger partial charge is 0.187 e. The molecule has 0 nitrogen and oxygen atoms in total. The molecule has 0 N–H and O–H groups in total. The van der Waals surface area contributed by atoms with Crippen LogP contribution in [0.3, 0.4) is 0 Å². The van der Waals surface area contributed by atoms with E-state index in [0.717, 1.165) is 0 Å². The predicted octanol–water partition coefficient (Wildman–Crippen LogP) is -2.64. The number of hydrogen-bond acceptors (Lipinski definition) is 0. The van der Waals surface area contributed by atoms with Crippen LogP contribution in [-0.2, 0) is 52.0 Å². The monoisotopic (exact) mass is 363 g/mol. The molecule has 0 rings (SSSR count). The fourth-order valence-electron chi connectivity index (χ4n) is 0. The Labute approximate surface area is 115 Å². The Bertz CT molecular complexity index is 11.6. The number of hydrogen-bond donors (Lipinski definition) is 0. The molecule has 5 heavy (non-hydrogen) atoms. The van der Waals surface area contributed by atoms with Crippen molar-refractivity contribution in [3.05, 3.63) is 0 Å². The quantitative estimate of drug-likeness (QED) is 0.412. The van der Waals surface area contributed by atoms with Crippen molar-refractivity contribution in [3.8, 4) is 0 Å². The van der Waals surface area contributed by atoms with Crippen LogP contribution in [-0.4, -0.2) is 28.3 Å². The smallest absolute Gasteiger partial charge is 0.0149 e. The van der Waals surface area contributed by atoms with Gasteiger partial charge in [0.05, 0.1) is 0 Å². The predicted molar refractivity (Wildman–Crippen MR) is 21.3 cm³/mol. The molecular weight excluding hydrogens is 359 g/mol. The Morgan fingerprint density at radius 3 is 1.00 bits per heavy atom. The van der Waals surface area contributed by atoms with Crippen molar-refractivity contribution < 1.29 is 89.4 Å². The Morgan fingerprint density at radius 2 is 1.00 bits per heavy atom. The molecule has 0 fully saturated rings. The van der Waals surface area contributed by atoms with Crippen LogP contribution >= 0.6 is 0 Å². The van der Waals surface area contributed by atoms with Gasteiger partial charge < -0.3 is 0 Å². The van der Waals surface area contributed by atoms with Crippen LogP contribution in [0.4, 0.5) is 0 Å². The topological polar surface area (TPSA) is 0 Å². The van der Waals surface area contributed by atoms with Crippen molar-refractivity contribution in [3.63, 3.8) is 0 Å². The molecule has 1 radical (unpaired) electrons. The molecule has 0 aliphatic carbocycles. The first kappa shape index (κ1) is 37.4. The van der Waals surface area contributed by atoms with Crippen molar-refractivity contribution in [1.29, 1.82) is 0 Å². The molecule has 0 heterocycles. The van der Waals surface area contributed by atoms with Gasteiger partial charge in [0.1, 0.15) is 0 Å². The summed E-state index contributed by atoms with van der Waals surface area (Å²) in [6, 6.07) is 0. The summed E-state index contributed by atoms with van der Waals surface area (Å²) in [6.07, 6.45) is 0. The van der Waals surface area contributed by atoms with Gasteiger partial charge in [0, 0.05) is 89.4 Å². The van der Waals surface area contributed by atoms with Gasteiger partial charge in [-0.1, -0.05) is 0 Å². The molecule has 0 aromatic rings. The van der Waals surface area contributed by atoms with E-state index in [-0.39, 0.29) is 118 Å². The van der Waals surface area contributed by atoms with Gasteiger partial charge in [-0.05, 0) is 11.0 Å². The summed E-state index contributed by atoms with van der Waals surface area (Å²) in [7, 11) is 0. The molecule has 0 saturated heterocycles. The van der Waals surface area contributed by atoms with Crippen LogP contribution in [0.5, 0.6) is 0 Å². The van der Waals surface area contributed by atoms with E-state index >= 15 is 0 Å². The summed E-state index contributed by atoms with van der Waals surface area (Å²) < 4.78 is 0. The van der Waals surface area contributed by atoms with E-state index in [9.17, 15) is 0 Å². The van der Waals surface area contributed by atoms with E-state index in [0.29, 0.717) is 0 Å². The summed E-state index contributed by atoms with van der Waals surface area (Å²) in [6.45, 7) is 0. The van der Waals surface area contributed by atoms with Crippen LogP contribution in [0.1, 0.15) is 0 Å². The van der Waals surface area contributed by atoms with E-state index in [1.165, 1.54) is 0 Å². The van der Waals surface area contributed by atoms with Crippen LogP contribution in [0, 0.1) is 37.3 Å². The summed E-state index contributed by atoms with van der Waals surface area (Å²) in [5.41, 5.74) is 0. The third-order valence-corrected chi connectivity index (χ3v) is 0. The van der Waals surface area contributed by atoms with Gasteiger partial charge in [0.15, 0.2) is 17.4 Å². The summed E-state index contributed by atoms with van der Waals surface area (Å²) in [5, 5.41) is 0. The standard InChI is InChI=1S/Al.Er.Sc.H4Si.Zr.3H/h;;;1H4;;;;. The van der Waals surface area contributed by atoms with Crippen LogP contribution in [0.2, 0.25) is 0 Å². The first-order valence-corrected chi connectivity index (χ1v) is 0. The summed E-state index contributed by atoms with van der Waals surface area (Å²) >= 11 is 0. The second kappa shape index (κ2) is 25.1.